The predicted octanol–water partition coefficient (Wildman–Crippen LogP) is 5.05. The van der Waals surface area contributed by atoms with E-state index in [4.69, 9.17) is 4.74 Å². The van der Waals surface area contributed by atoms with Gasteiger partial charge in [0.2, 0.25) is 5.82 Å². The summed E-state index contributed by atoms with van der Waals surface area (Å²) in [4.78, 5) is 0. The number of hydrogen-bond donors (Lipinski definition) is 0. The van der Waals surface area contributed by atoms with E-state index in [9.17, 15) is 8.78 Å². The molecule has 1 aromatic carbocycles. The van der Waals surface area contributed by atoms with E-state index in [0.29, 0.717) is 17.9 Å². The average Bonchev–Trinajstić information content (AvgIpc) is 2.47. The van der Waals surface area contributed by atoms with Gasteiger partial charge in [0.1, 0.15) is 0 Å². The zero-order chi connectivity index (χ0) is 15.0. The predicted molar refractivity (Wildman–Crippen MR) is 79.6 cm³/mol. The van der Waals surface area contributed by atoms with Crippen molar-refractivity contribution in [2.24, 2.45) is 11.8 Å². The molecule has 0 bridgehead atoms. The van der Waals surface area contributed by atoms with Crippen molar-refractivity contribution in [3.8, 4) is 5.75 Å². The highest BCUT2D eigenvalue weighted by molar-refractivity contribution is 5.41. The van der Waals surface area contributed by atoms with Crippen LogP contribution < -0.4 is 4.74 Å². The van der Waals surface area contributed by atoms with E-state index in [0.717, 1.165) is 37.2 Å². The third-order valence-electron chi connectivity index (χ3n) is 5.10. The third-order valence-corrected chi connectivity index (χ3v) is 5.10. The van der Waals surface area contributed by atoms with Crippen molar-refractivity contribution < 1.29 is 13.5 Å². The maximum atomic E-state index is 14.3. The highest BCUT2D eigenvalue weighted by Crippen LogP contribution is 2.36. The Morgan fingerprint density at radius 2 is 1.76 bits per heavy atom. The molecule has 1 heterocycles. The topological polar surface area (TPSA) is 9.23 Å². The second kappa shape index (κ2) is 5.94. The van der Waals surface area contributed by atoms with Crippen molar-refractivity contribution >= 4 is 0 Å². The van der Waals surface area contributed by atoms with Gasteiger partial charge in [0, 0.05) is 0 Å². The van der Waals surface area contributed by atoms with E-state index in [1.54, 1.807) is 0 Å². The molecule has 0 amide bonds. The number of halogens is 2. The van der Waals surface area contributed by atoms with Crippen LogP contribution in [-0.4, -0.2) is 6.10 Å². The van der Waals surface area contributed by atoms with Crippen molar-refractivity contribution in [3.63, 3.8) is 0 Å². The summed E-state index contributed by atoms with van der Waals surface area (Å²) >= 11 is 0. The van der Waals surface area contributed by atoms with Crippen LogP contribution in [0, 0.1) is 23.5 Å². The Hall–Kier alpha value is -1.12. The second-order valence-corrected chi connectivity index (χ2v) is 6.95. The molecular formula is C18H24F2O. The number of hydrogen-bond acceptors (Lipinski definition) is 1. The standard InChI is InChI=1S/C18H24F2O/c1-11-3-6-13(7-4-11)9-15-10-14-8-5-12(2)21-18(14)17(20)16(15)19/h10-13H,3-9H2,1-2H3. The molecule has 1 unspecified atom stereocenters. The molecule has 1 fully saturated rings. The maximum absolute atomic E-state index is 14.3. The Kier molecular flexibility index (Phi) is 4.19. The fourth-order valence-electron chi connectivity index (χ4n) is 3.65. The molecule has 1 nitrogen and oxygen atoms in total. The molecule has 0 radical (unpaired) electrons. The van der Waals surface area contributed by atoms with Crippen LogP contribution in [-0.2, 0) is 12.8 Å². The SMILES string of the molecule is CC1CCC(Cc2cc3c(c(F)c2F)OC(C)CC3)CC1. The minimum absolute atomic E-state index is 0.0305. The summed E-state index contributed by atoms with van der Waals surface area (Å²) in [5.74, 6) is -0.0511. The van der Waals surface area contributed by atoms with Gasteiger partial charge in [-0.3, -0.25) is 0 Å². The van der Waals surface area contributed by atoms with Crippen LogP contribution in [0.25, 0.3) is 0 Å². The van der Waals surface area contributed by atoms with E-state index in [1.165, 1.54) is 12.8 Å². The summed E-state index contributed by atoms with van der Waals surface area (Å²) in [6, 6.07) is 1.84. The molecule has 1 aliphatic heterocycles. The summed E-state index contributed by atoms with van der Waals surface area (Å²) < 4.78 is 34.0. The van der Waals surface area contributed by atoms with Crippen molar-refractivity contribution in [1.82, 2.24) is 0 Å². The molecule has 1 atom stereocenters. The molecule has 0 N–H and O–H groups in total. The third kappa shape index (κ3) is 3.07. The summed E-state index contributed by atoms with van der Waals surface area (Å²) in [6.45, 7) is 4.17. The lowest BCUT2D eigenvalue weighted by atomic mass is 9.80. The summed E-state index contributed by atoms with van der Waals surface area (Å²) in [7, 11) is 0. The van der Waals surface area contributed by atoms with Gasteiger partial charge in [-0.15, -0.1) is 0 Å². The minimum Gasteiger partial charge on any atom is -0.487 e. The Morgan fingerprint density at radius 1 is 1.05 bits per heavy atom. The number of ether oxygens (including phenoxy) is 1. The normalized spacial score (nSPS) is 28.9. The van der Waals surface area contributed by atoms with Crippen molar-refractivity contribution in [2.75, 3.05) is 0 Å². The first-order valence-corrected chi connectivity index (χ1v) is 8.21. The summed E-state index contributed by atoms with van der Waals surface area (Å²) in [6.07, 6.45) is 6.97. The van der Waals surface area contributed by atoms with Gasteiger partial charge in [-0.1, -0.05) is 19.8 Å². The summed E-state index contributed by atoms with van der Waals surface area (Å²) in [5.41, 5.74) is 1.38. The second-order valence-electron chi connectivity index (χ2n) is 6.95. The molecule has 0 aromatic heterocycles. The number of aryl methyl sites for hydroxylation is 1. The number of fused-ring (bicyclic) bond motifs is 1. The number of benzene rings is 1. The largest absolute Gasteiger partial charge is 0.487 e. The molecule has 2 aliphatic rings. The highest BCUT2D eigenvalue weighted by atomic mass is 19.2. The van der Waals surface area contributed by atoms with E-state index in [-0.39, 0.29) is 11.9 Å². The van der Waals surface area contributed by atoms with Crippen LogP contribution in [0.4, 0.5) is 8.78 Å². The van der Waals surface area contributed by atoms with Gasteiger partial charge in [0.25, 0.3) is 0 Å². The molecule has 116 valence electrons. The maximum Gasteiger partial charge on any atom is 0.201 e. The molecule has 3 rings (SSSR count). The lowest BCUT2D eigenvalue weighted by molar-refractivity contribution is 0.180. The summed E-state index contributed by atoms with van der Waals surface area (Å²) in [5, 5.41) is 0. The van der Waals surface area contributed by atoms with Crippen LogP contribution in [0.2, 0.25) is 0 Å². The van der Waals surface area contributed by atoms with Crippen LogP contribution in [0.3, 0.4) is 0 Å². The Morgan fingerprint density at radius 3 is 2.48 bits per heavy atom. The molecule has 0 spiro atoms. The van der Waals surface area contributed by atoms with Gasteiger partial charge < -0.3 is 4.74 Å². The monoisotopic (exact) mass is 294 g/mol. The molecule has 1 aromatic rings. The van der Waals surface area contributed by atoms with Crippen LogP contribution >= 0.6 is 0 Å². The van der Waals surface area contributed by atoms with Crippen molar-refractivity contribution in [2.45, 2.75) is 64.9 Å². The van der Waals surface area contributed by atoms with Gasteiger partial charge in [-0.05, 0) is 68.1 Å². The molecule has 0 saturated heterocycles. The fraction of sp³-hybridized carbons (Fsp3) is 0.667. The highest BCUT2D eigenvalue weighted by Gasteiger charge is 2.27. The quantitative estimate of drug-likeness (QED) is 0.742. The zero-order valence-electron chi connectivity index (χ0n) is 12.9. The van der Waals surface area contributed by atoms with Crippen LogP contribution in [0.15, 0.2) is 6.07 Å². The Bertz CT molecular complexity index is 518. The van der Waals surface area contributed by atoms with E-state index in [1.807, 2.05) is 13.0 Å². The fourth-order valence-corrected chi connectivity index (χ4v) is 3.65. The van der Waals surface area contributed by atoms with E-state index >= 15 is 0 Å². The van der Waals surface area contributed by atoms with Gasteiger partial charge in [-0.2, -0.15) is 4.39 Å². The first-order valence-electron chi connectivity index (χ1n) is 8.21. The number of rotatable bonds is 2. The van der Waals surface area contributed by atoms with Gasteiger partial charge in [0.05, 0.1) is 6.10 Å². The van der Waals surface area contributed by atoms with Crippen molar-refractivity contribution in [3.05, 3.63) is 28.8 Å². The van der Waals surface area contributed by atoms with Crippen molar-refractivity contribution in [1.29, 1.82) is 0 Å². The Labute approximate surface area is 125 Å². The van der Waals surface area contributed by atoms with E-state index < -0.39 is 11.6 Å². The first-order chi connectivity index (χ1) is 10.0. The lowest BCUT2D eigenvalue weighted by Crippen LogP contribution is -2.21. The molecule has 1 saturated carbocycles. The molecule has 1 aliphatic carbocycles. The van der Waals surface area contributed by atoms with Gasteiger partial charge in [-0.25, -0.2) is 4.39 Å². The average molecular weight is 294 g/mol. The smallest absolute Gasteiger partial charge is 0.201 e. The van der Waals surface area contributed by atoms with Crippen LogP contribution in [0.5, 0.6) is 5.75 Å². The molecular weight excluding hydrogens is 270 g/mol. The zero-order valence-corrected chi connectivity index (χ0v) is 12.9. The molecule has 3 heteroatoms. The Balaban J connectivity index is 1.81. The van der Waals surface area contributed by atoms with Crippen LogP contribution in [0.1, 0.15) is 57.1 Å². The minimum atomic E-state index is -0.779. The molecule has 21 heavy (non-hydrogen) atoms. The van der Waals surface area contributed by atoms with Gasteiger partial charge in [0.15, 0.2) is 11.6 Å². The van der Waals surface area contributed by atoms with E-state index in [2.05, 4.69) is 6.92 Å². The van der Waals surface area contributed by atoms with Gasteiger partial charge >= 0.3 is 0 Å². The first kappa shape index (κ1) is 14.8. The lowest BCUT2D eigenvalue weighted by Gasteiger charge is -2.28.